The van der Waals surface area contributed by atoms with Crippen LogP contribution < -0.4 is 5.32 Å². The Morgan fingerprint density at radius 3 is 3.25 bits per heavy atom. The first-order valence-corrected chi connectivity index (χ1v) is 7.59. The monoisotopic (exact) mass is 291 g/mol. The van der Waals surface area contributed by atoms with Crippen LogP contribution in [-0.4, -0.2) is 29.3 Å². The molecule has 1 aliphatic rings. The minimum Gasteiger partial charge on any atom is -0.381 e. The van der Waals surface area contributed by atoms with E-state index in [1.807, 2.05) is 24.4 Å². The third-order valence-corrected chi connectivity index (χ3v) is 4.62. The molecule has 0 bridgehead atoms. The van der Waals surface area contributed by atoms with E-state index < -0.39 is 0 Å². The predicted octanol–water partition coefficient (Wildman–Crippen LogP) is 2.47. The van der Waals surface area contributed by atoms with Crippen molar-refractivity contribution in [2.45, 2.75) is 25.3 Å². The summed E-state index contributed by atoms with van der Waals surface area (Å²) < 4.78 is 5.38. The van der Waals surface area contributed by atoms with Crippen LogP contribution >= 0.6 is 11.3 Å². The zero-order valence-electron chi connectivity index (χ0n) is 11.3. The lowest BCUT2D eigenvalue weighted by Gasteiger charge is -2.13. The molecule has 2 aromatic rings. The number of amides is 1. The van der Waals surface area contributed by atoms with Crippen LogP contribution in [0.5, 0.6) is 0 Å². The van der Waals surface area contributed by atoms with E-state index in [1.54, 1.807) is 17.5 Å². The molecule has 2 N–H and O–H groups in total. The van der Waals surface area contributed by atoms with Crippen molar-refractivity contribution >= 4 is 17.2 Å². The van der Waals surface area contributed by atoms with Crippen LogP contribution in [-0.2, 0) is 4.74 Å². The van der Waals surface area contributed by atoms with E-state index >= 15 is 0 Å². The molecule has 1 fully saturated rings. The van der Waals surface area contributed by atoms with Gasteiger partial charge in [0.2, 0.25) is 0 Å². The average molecular weight is 291 g/mol. The van der Waals surface area contributed by atoms with Crippen LogP contribution in [0.1, 0.15) is 46.2 Å². The number of carbonyl (C=O) groups excluding carboxylic acids is 1. The summed E-state index contributed by atoms with van der Waals surface area (Å²) in [5, 5.41) is 12.0. The SMILES string of the molecule is C[C@@H](NC(=O)c1cn[nH]c1[C@H]1CCOC1)c1cccs1. The average Bonchev–Trinajstić information content (AvgIpc) is 3.19. The van der Waals surface area contributed by atoms with Gasteiger partial charge in [0.15, 0.2) is 0 Å². The summed E-state index contributed by atoms with van der Waals surface area (Å²) in [6.07, 6.45) is 2.53. The Morgan fingerprint density at radius 1 is 1.65 bits per heavy atom. The van der Waals surface area contributed by atoms with Gasteiger partial charge in [-0.25, -0.2) is 0 Å². The second-order valence-corrected chi connectivity index (χ2v) is 5.95. The highest BCUT2D eigenvalue weighted by atomic mass is 32.1. The highest BCUT2D eigenvalue weighted by molar-refractivity contribution is 7.10. The van der Waals surface area contributed by atoms with Crippen LogP contribution in [0, 0.1) is 0 Å². The van der Waals surface area contributed by atoms with Crippen molar-refractivity contribution in [2.24, 2.45) is 0 Å². The number of aromatic nitrogens is 2. The number of ether oxygens (including phenoxy) is 1. The lowest BCUT2D eigenvalue weighted by Crippen LogP contribution is -2.27. The molecule has 3 rings (SSSR count). The maximum Gasteiger partial charge on any atom is 0.255 e. The van der Waals surface area contributed by atoms with Crippen molar-refractivity contribution in [3.63, 3.8) is 0 Å². The Hall–Kier alpha value is -1.66. The van der Waals surface area contributed by atoms with Crippen molar-refractivity contribution in [2.75, 3.05) is 13.2 Å². The van der Waals surface area contributed by atoms with Crippen molar-refractivity contribution < 1.29 is 9.53 Å². The fourth-order valence-corrected chi connectivity index (χ4v) is 3.17. The van der Waals surface area contributed by atoms with Crippen LogP contribution in [0.4, 0.5) is 0 Å². The van der Waals surface area contributed by atoms with Crippen molar-refractivity contribution in [1.29, 1.82) is 0 Å². The maximum atomic E-state index is 12.4. The lowest BCUT2D eigenvalue weighted by molar-refractivity contribution is 0.0939. The van der Waals surface area contributed by atoms with Crippen LogP contribution in [0.3, 0.4) is 0 Å². The summed E-state index contributed by atoms with van der Waals surface area (Å²) in [6.45, 7) is 3.39. The van der Waals surface area contributed by atoms with Gasteiger partial charge in [-0.3, -0.25) is 9.89 Å². The molecular weight excluding hydrogens is 274 g/mol. The van der Waals surface area contributed by atoms with Crippen LogP contribution in [0.25, 0.3) is 0 Å². The molecule has 0 aromatic carbocycles. The molecule has 1 aliphatic heterocycles. The maximum absolute atomic E-state index is 12.4. The van der Waals surface area contributed by atoms with Gasteiger partial charge in [0.25, 0.3) is 5.91 Å². The number of H-pyrrole nitrogens is 1. The number of carbonyl (C=O) groups is 1. The summed E-state index contributed by atoms with van der Waals surface area (Å²) in [6, 6.07) is 4.02. The van der Waals surface area contributed by atoms with Gasteiger partial charge in [-0.15, -0.1) is 11.3 Å². The number of hydrogen-bond donors (Lipinski definition) is 2. The Labute approximate surface area is 121 Å². The highest BCUT2D eigenvalue weighted by Gasteiger charge is 2.25. The fraction of sp³-hybridized carbons (Fsp3) is 0.429. The number of thiophene rings is 1. The normalized spacial score (nSPS) is 19.9. The zero-order valence-corrected chi connectivity index (χ0v) is 12.1. The van der Waals surface area contributed by atoms with E-state index in [1.165, 1.54) is 0 Å². The van der Waals surface area contributed by atoms with E-state index in [-0.39, 0.29) is 17.9 Å². The van der Waals surface area contributed by atoms with Crippen LogP contribution in [0.15, 0.2) is 23.7 Å². The number of rotatable bonds is 4. The van der Waals surface area contributed by atoms with Gasteiger partial charge in [0.05, 0.1) is 30.1 Å². The van der Waals surface area contributed by atoms with E-state index in [9.17, 15) is 4.79 Å². The second kappa shape index (κ2) is 5.76. The number of nitrogens with one attached hydrogen (secondary N) is 2. The number of hydrogen-bond acceptors (Lipinski definition) is 4. The van der Waals surface area contributed by atoms with E-state index in [2.05, 4.69) is 15.5 Å². The minimum atomic E-state index is -0.0819. The molecule has 5 nitrogen and oxygen atoms in total. The Bertz CT molecular complexity index is 573. The molecule has 2 aromatic heterocycles. The van der Waals surface area contributed by atoms with Gasteiger partial charge in [-0.2, -0.15) is 5.10 Å². The van der Waals surface area contributed by atoms with Crippen molar-refractivity contribution in [3.05, 3.63) is 39.8 Å². The number of nitrogens with zero attached hydrogens (tertiary/aromatic N) is 1. The molecule has 6 heteroatoms. The highest BCUT2D eigenvalue weighted by Crippen LogP contribution is 2.26. The molecule has 1 amide bonds. The third-order valence-electron chi connectivity index (χ3n) is 3.57. The smallest absolute Gasteiger partial charge is 0.255 e. The minimum absolute atomic E-state index is 0.00470. The van der Waals surface area contributed by atoms with Gasteiger partial charge >= 0.3 is 0 Å². The summed E-state index contributed by atoms with van der Waals surface area (Å²) in [5.41, 5.74) is 1.52. The molecule has 20 heavy (non-hydrogen) atoms. The standard InChI is InChI=1S/C14H17N3O2S/c1-9(12-3-2-6-20-12)16-14(18)11-7-15-17-13(11)10-4-5-19-8-10/h2-3,6-7,9-10H,4-5,8H2,1H3,(H,15,17)(H,16,18)/t9-,10+/m1/s1. The first-order valence-electron chi connectivity index (χ1n) is 6.71. The zero-order chi connectivity index (χ0) is 13.9. The van der Waals surface area contributed by atoms with Crippen molar-refractivity contribution in [1.82, 2.24) is 15.5 Å². The summed E-state index contributed by atoms with van der Waals surface area (Å²) in [7, 11) is 0. The molecule has 0 unspecified atom stereocenters. The van der Waals surface area contributed by atoms with Gasteiger partial charge in [-0.1, -0.05) is 6.07 Å². The van der Waals surface area contributed by atoms with E-state index in [4.69, 9.17) is 4.74 Å². The Kier molecular flexibility index (Phi) is 3.84. The fourth-order valence-electron chi connectivity index (χ4n) is 2.43. The van der Waals surface area contributed by atoms with E-state index in [0.29, 0.717) is 12.2 Å². The lowest BCUT2D eigenvalue weighted by atomic mass is 10.0. The molecule has 0 saturated carbocycles. The van der Waals surface area contributed by atoms with E-state index in [0.717, 1.165) is 23.6 Å². The quantitative estimate of drug-likeness (QED) is 0.909. The predicted molar refractivity (Wildman–Crippen MR) is 77.0 cm³/mol. The molecule has 0 aliphatic carbocycles. The Morgan fingerprint density at radius 2 is 2.55 bits per heavy atom. The van der Waals surface area contributed by atoms with Gasteiger partial charge in [0, 0.05) is 17.4 Å². The largest absolute Gasteiger partial charge is 0.381 e. The molecule has 106 valence electrons. The third kappa shape index (κ3) is 2.62. The molecule has 0 radical (unpaired) electrons. The molecule has 0 spiro atoms. The molecule has 3 heterocycles. The first-order chi connectivity index (χ1) is 9.75. The van der Waals surface area contributed by atoms with Gasteiger partial charge in [0.1, 0.15) is 0 Å². The summed E-state index contributed by atoms with van der Waals surface area (Å²) in [4.78, 5) is 13.5. The van der Waals surface area contributed by atoms with Crippen LogP contribution in [0.2, 0.25) is 0 Å². The molecule has 1 saturated heterocycles. The van der Waals surface area contributed by atoms with Gasteiger partial charge in [-0.05, 0) is 24.8 Å². The Balaban J connectivity index is 1.72. The summed E-state index contributed by atoms with van der Waals surface area (Å²) in [5.74, 6) is 0.164. The molecule has 2 atom stereocenters. The number of aromatic amines is 1. The second-order valence-electron chi connectivity index (χ2n) is 4.97. The van der Waals surface area contributed by atoms with Gasteiger partial charge < -0.3 is 10.1 Å². The van der Waals surface area contributed by atoms with Crippen molar-refractivity contribution in [3.8, 4) is 0 Å². The topological polar surface area (TPSA) is 67.0 Å². The summed E-state index contributed by atoms with van der Waals surface area (Å²) >= 11 is 1.64. The first kappa shape index (κ1) is 13.3. The molecular formula is C14H17N3O2S.